The van der Waals surface area contributed by atoms with Gasteiger partial charge in [0.1, 0.15) is 0 Å². The molecule has 0 aliphatic heterocycles. The molecule has 4 aromatic carbocycles. The van der Waals surface area contributed by atoms with Crippen molar-refractivity contribution in [3.05, 3.63) is 131 Å². The molecule has 0 aromatic heterocycles. The van der Waals surface area contributed by atoms with Crippen LogP contribution in [0.25, 0.3) is 0 Å². The molecule has 0 aliphatic rings. The minimum Gasteiger partial charge on any atom is -0.197 e. The standard InChI is InChI=1S/2C12H10N2O/c2*15-13-14(11-7-3-1-4-8-11)12-9-5-2-6-10-12/h2*1-10H. The van der Waals surface area contributed by atoms with Crippen LogP contribution in [0.4, 0.5) is 22.7 Å². The number of hydrogen-bond acceptors (Lipinski definition) is 4. The molecule has 0 N–H and O–H groups in total. The largest absolute Gasteiger partial charge is 0.197 e. The lowest BCUT2D eigenvalue weighted by Crippen LogP contribution is -2.06. The molecule has 30 heavy (non-hydrogen) atoms. The number of nitrogens with zero attached hydrogens (tertiary/aromatic N) is 4. The molecule has 0 radical (unpaired) electrons. The summed E-state index contributed by atoms with van der Waals surface area (Å²) >= 11 is 0. The molecule has 148 valence electrons. The predicted molar refractivity (Wildman–Crippen MR) is 122 cm³/mol. The van der Waals surface area contributed by atoms with Gasteiger partial charge in [-0.25, -0.2) is 0 Å². The Labute approximate surface area is 174 Å². The van der Waals surface area contributed by atoms with E-state index in [-0.39, 0.29) is 0 Å². The molecule has 0 heterocycles. The first-order valence-corrected chi connectivity index (χ1v) is 9.30. The Bertz CT molecular complexity index is 864. The van der Waals surface area contributed by atoms with Crippen LogP contribution in [0.1, 0.15) is 0 Å². The van der Waals surface area contributed by atoms with Crippen molar-refractivity contribution in [1.82, 2.24) is 0 Å². The first kappa shape index (κ1) is 20.4. The second-order valence-corrected chi connectivity index (χ2v) is 6.13. The van der Waals surface area contributed by atoms with Crippen molar-refractivity contribution in [3.8, 4) is 0 Å². The van der Waals surface area contributed by atoms with Crippen LogP contribution < -0.4 is 10.0 Å². The number of anilines is 4. The van der Waals surface area contributed by atoms with Gasteiger partial charge in [-0.3, -0.25) is 0 Å². The van der Waals surface area contributed by atoms with Gasteiger partial charge in [0.15, 0.2) is 0 Å². The van der Waals surface area contributed by atoms with Gasteiger partial charge in [0.2, 0.25) is 0 Å². The fraction of sp³-hybridized carbons (Fsp3) is 0. The lowest BCUT2D eigenvalue weighted by atomic mass is 10.2. The molecule has 6 heteroatoms. The molecule has 0 spiro atoms. The zero-order chi connectivity index (χ0) is 21.0. The zero-order valence-corrected chi connectivity index (χ0v) is 16.2. The molecule has 0 aliphatic carbocycles. The third-order valence-corrected chi connectivity index (χ3v) is 4.17. The van der Waals surface area contributed by atoms with Crippen molar-refractivity contribution in [2.24, 2.45) is 10.6 Å². The third kappa shape index (κ3) is 5.36. The Kier molecular flexibility index (Phi) is 7.40. The predicted octanol–water partition coefficient (Wildman–Crippen LogP) is 7.01. The maximum atomic E-state index is 10.8. The highest BCUT2D eigenvalue weighted by Gasteiger charge is 2.08. The molecule has 0 saturated heterocycles. The van der Waals surface area contributed by atoms with Crippen molar-refractivity contribution in [2.45, 2.75) is 0 Å². The van der Waals surface area contributed by atoms with E-state index in [1.54, 1.807) is 0 Å². The van der Waals surface area contributed by atoms with E-state index in [1.165, 1.54) is 10.0 Å². The number of para-hydroxylation sites is 4. The normalized spacial score (nSPS) is 9.60. The van der Waals surface area contributed by atoms with Crippen molar-refractivity contribution >= 4 is 22.7 Å². The van der Waals surface area contributed by atoms with Gasteiger partial charge in [-0.05, 0) is 48.5 Å². The highest BCUT2D eigenvalue weighted by molar-refractivity contribution is 5.62. The van der Waals surface area contributed by atoms with E-state index in [0.29, 0.717) is 0 Å². The van der Waals surface area contributed by atoms with Crippen molar-refractivity contribution in [2.75, 3.05) is 10.0 Å². The number of nitroso groups, excluding NO2 is 2. The molecule has 0 bridgehead atoms. The lowest BCUT2D eigenvalue weighted by Gasteiger charge is -2.14. The van der Waals surface area contributed by atoms with E-state index in [0.717, 1.165) is 22.7 Å². The van der Waals surface area contributed by atoms with E-state index in [2.05, 4.69) is 10.6 Å². The first-order valence-electron chi connectivity index (χ1n) is 9.30. The summed E-state index contributed by atoms with van der Waals surface area (Å²) in [5.74, 6) is 0. The highest BCUT2D eigenvalue weighted by Crippen LogP contribution is 2.25. The van der Waals surface area contributed by atoms with Gasteiger partial charge in [0.05, 0.1) is 33.3 Å². The fourth-order valence-corrected chi connectivity index (χ4v) is 2.76. The summed E-state index contributed by atoms with van der Waals surface area (Å²) < 4.78 is 0. The molecular formula is C24H20N4O2. The number of rotatable bonds is 6. The van der Waals surface area contributed by atoms with E-state index in [4.69, 9.17) is 0 Å². The first-order chi connectivity index (χ1) is 14.8. The average molecular weight is 396 g/mol. The number of benzene rings is 4. The van der Waals surface area contributed by atoms with Gasteiger partial charge in [-0.2, -0.15) is 10.0 Å². The Morgan fingerprint density at radius 1 is 0.367 bits per heavy atom. The average Bonchev–Trinajstić information content (AvgIpc) is 2.83. The smallest absolute Gasteiger partial charge is 0.0685 e. The number of hydrogen-bond donors (Lipinski definition) is 0. The molecule has 0 amide bonds. The Hall–Kier alpha value is -4.32. The lowest BCUT2D eigenvalue weighted by molar-refractivity contribution is 1.07. The van der Waals surface area contributed by atoms with E-state index in [9.17, 15) is 9.81 Å². The summed E-state index contributed by atoms with van der Waals surface area (Å²) in [4.78, 5) is 21.6. The minimum absolute atomic E-state index is 0.763. The second-order valence-electron chi connectivity index (χ2n) is 6.13. The van der Waals surface area contributed by atoms with Crippen molar-refractivity contribution in [1.29, 1.82) is 0 Å². The maximum Gasteiger partial charge on any atom is 0.0685 e. The monoisotopic (exact) mass is 396 g/mol. The summed E-state index contributed by atoms with van der Waals surface area (Å²) in [5.41, 5.74) is 3.05. The van der Waals surface area contributed by atoms with Crippen LogP contribution in [0.5, 0.6) is 0 Å². The minimum atomic E-state index is 0.763. The van der Waals surface area contributed by atoms with E-state index >= 15 is 0 Å². The van der Waals surface area contributed by atoms with Crippen LogP contribution in [0, 0.1) is 9.81 Å². The quantitative estimate of drug-likeness (QED) is 0.260. The summed E-state index contributed by atoms with van der Waals surface area (Å²) in [6.07, 6.45) is 0. The van der Waals surface area contributed by atoms with Gasteiger partial charge in [-0.15, -0.1) is 9.81 Å². The molecule has 4 rings (SSSR count). The van der Waals surface area contributed by atoms with Crippen LogP contribution in [0.2, 0.25) is 0 Å². The van der Waals surface area contributed by atoms with Crippen LogP contribution >= 0.6 is 0 Å². The van der Waals surface area contributed by atoms with Gasteiger partial charge in [0, 0.05) is 0 Å². The molecular weight excluding hydrogens is 376 g/mol. The van der Waals surface area contributed by atoms with Gasteiger partial charge >= 0.3 is 0 Å². The van der Waals surface area contributed by atoms with Crippen LogP contribution in [-0.4, -0.2) is 0 Å². The second kappa shape index (κ2) is 10.9. The van der Waals surface area contributed by atoms with Gasteiger partial charge < -0.3 is 0 Å². The van der Waals surface area contributed by atoms with E-state index < -0.39 is 0 Å². The molecule has 0 saturated carbocycles. The Balaban J connectivity index is 0.000000171. The zero-order valence-electron chi connectivity index (χ0n) is 16.2. The fourth-order valence-electron chi connectivity index (χ4n) is 2.76. The Morgan fingerprint density at radius 2 is 0.567 bits per heavy atom. The molecule has 4 aromatic rings. The van der Waals surface area contributed by atoms with E-state index in [1.807, 2.05) is 121 Å². The van der Waals surface area contributed by atoms with Crippen molar-refractivity contribution in [3.63, 3.8) is 0 Å². The molecule has 0 fully saturated rings. The SMILES string of the molecule is O=NN(c1ccccc1)c1ccccc1.O=NN(c1ccccc1)c1ccccc1. The van der Waals surface area contributed by atoms with Crippen LogP contribution in [0.3, 0.4) is 0 Å². The van der Waals surface area contributed by atoms with Crippen LogP contribution in [0.15, 0.2) is 132 Å². The third-order valence-electron chi connectivity index (χ3n) is 4.17. The maximum absolute atomic E-state index is 10.8. The molecule has 0 atom stereocenters. The summed E-state index contributed by atoms with van der Waals surface area (Å²) in [5, 5.41) is 8.75. The summed E-state index contributed by atoms with van der Waals surface area (Å²) in [7, 11) is 0. The topological polar surface area (TPSA) is 65.3 Å². The summed E-state index contributed by atoms with van der Waals surface area (Å²) in [6.45, 7) is 0. The molecule has 0 unspecified atom stereocenters. The van der Waals surface area contributed by atoms with Crippen LogP contribution in [-0.2, 0) is 0 Å². The van der Waals surface area contributed by atoms with Gasteiger partial charge in [-0.1, -0.05) is 72.8 Å². The highest BCUT2D eigenvalue weighted by atomic mass is 16.3. The molecule has 6 nitrogen and oxygen atoms in total. The van der Waals surface area contributed by atoms with Crippen molar-refractivity contribution < 1.29 is 0 Å². The van der Waals surface area contributed by atoms with Gasteiger partial charge in [0.25, 0.3) is 0 Å². The Morgan fingerprint density at radius 3 is 0.733 bits per heavy atom. The summed E-state index contributed by atoms with van der Waals surface area (Å²) in [6, 6.07) is 37.3.